The number of nitrogens with one attached hydrogen (secondary N) is 4. The first-order chi connectivity index (χ1) is 25.7. The number of anilines is 1. The summed E-state index contributed by atoms with van der Waals surface area (Å²) in [4.78, 5) is 17.8. The highest BCUT2D eigenvalue weighted by atomic mass is 19.1. The van der Waals surface area contributed by atoms with Crippen molar-refractivity contribution in [3.63, 3.8) is 0 Å². The van der Waals surface area contributed by atoms with E-state index in [0.717, 1.165) is 36.1 Å². The van der Waals surface area contributed by atoms with Crippen molar-refractivity contribution in [3.05, 3.63) is 95.0 Å². The molecule has 2 amide bonds. The summed E-state index contributed by atoms with van der Waals surface area (Å²) in [6, 6.07) is 17.4. The molecule has 3 heterocycles. The number of benzene rings is 2. The molecule has 288 valence electrons. The number of hydrogen-bond acceptors (Lipinski definition) is 7. The third-order valence-corrected chi connectivity index (χ3v) is 10.2. The predicted octanol–water partition coefficient (Wildman–Crippen LogP) is 7.35. The lowest BCUT2D eigenvalue weighted by molar-refractivity contribution is 0.170. The van der Waals surface area contributed by atoms with Crippen molar-refractivity contribution >= 4 is 17.8 Å². The Morgan fingerprint density at radius 3 is 2.41 bits per heavy atom. The van der Waals surface area contributed by atoms with Crippen LogP contribution in [-0.2, 0) is 5.41 Å². The molecule has 4 atom stereocenters. The van der Waals surface area contributed by atoms with Crippen molar-refractivity contribution in [3.8, 4) is 17.2 Å². The summed E-state index contributed by atoms with van der Waals surface area (Å²) in [6.07, 6.45) is 5.88. The lowest BCUT2D eigenvalue weighted by Gasteiger charge is -2.41. The Balaban J connectivity index is 1.19. The second kappa shape index (κ2) is 16.1. The van der Waals surface area contributed by atoms with Crippen LogP contribution < -0.4 is 25.6 Å². The van der Waals surface area contributed by atoms with E-state index in [4.69, 9.17) is 25.4 Å². The number of carbonyl (C=O) groups is 1. The van der Waals surface area contributed by atoms with Gasteiger partial charge in [0.25, 0.3) is 0 Å². The number of rotatable bonds is 9. The quantitative estimate of drug-likeness (QED) is 0.105. The highest BCUT2D eigenvalue weighted by molar-refractivity contribution is 5.89. The number of carbonyl (C=O) groups excluding carboxylic acids is 1. The summed E-state index contributed by atoms with van der Waals surface area (Å²) in [5, 5.41) is 28.5. The van der Waals surface area contributed by atoms with Crippen LogP contribution in [0.5, 0.6) is 11.5 Å². The van der Waals surface area contributed by atoms with Gasteiger partial charge in [0.05, 0.1) is 23.6 Å². The molecule has 0 unspecified atom stereocenters. The smallest absolute Gasteiger partial charge is 0.320 e. The zero-order valence-electron chi connectivity index (χ0n) is 32.4. The largest absolute Gasteiger partial charge is 0.492 e. The molecule has 1 aliphatic carbocycles. The molecule has 6 rings (SSSR count). The molecule has 12 nitrogen and oxygen atoms in total. The van der Waals surface area contributed by atoms with Crippen molar-refractivity contribution in [2.45, 2.75) is 96.4 Å². The number of amides is 2. The van der Waals surface area contributed by atoms with Gasteiger partial charge < -0.3 is 24.6 Å². The van der Waals surface area contributed by atoms with Gasteiger partial charge in [0, 0.05) is 42.2 Å². The van der Waals surface area contributed by atoms with Crippen molar-refractivity contribution in [2.24, 2.45) is 0 Å². The van der Waals surface area contributed by atoms with Crippen LogP contribution in [0.15, 0.2) is 66.9 Å². The van der Waals surface area contributed by atoms with Crippen LogP contribution in [0, 0.1) is 16.6 Å². The molecule has 0 bridgehead atoms. The van der Waals surface area contributed by atoms with Crippen LogP contribution in [-0.4, -0.2) is 75.5 Å². The molecule has 0 saturated carbocycles. The fourth-order valence-corrected chi connectivity index (χ4v) is 7.32. The van der Waals surface area contributed by atoms with Crippen LogP contribution >= 0.6 is 0 Å². The van der Waals surface area contributed by atoms with E-state index in [9.17, 15) is 9.18 Å². The Morgan fingerprint density at radius 1 is 0.981 bits per heavy atom. The van der Waals surface area contributed by atoms with Gasteiger partial charge in [0.2, 0.25) is 5.96 Å². The zero-order chi connectivity index (χ0) is 38.7. The molecule has 0 radical (unpaired) electrons. The van der Waals surface area contributed by atoms with Crippen LogP contribution in [0.3, 0.4) is 0 Å². The van der Waals surface area contributed by atoms with E-state index < -0.39 is 11.8 Å². The maximum Gasteiger partial charge on any atom is 0.320 e. The summed E-state index contributed by atoms with van der Waals surface area (Å²) in [7, 11) is 3.89. The topological polar surface area (TPSA) is 137 Å². The first-order valence-electron chi connectivity index (χ1n) is 18.8. The molecule has 54 heavy (non-hydrogen) atoms. The average molecular weight is 740 g/mol. The molecule has 0 spiro atoms. The Hall–Kier alpha value is -5.17. The van der Waals surface area contributed by atoms with E-state index in [1.54, 1.807) is 33.6 Å². The minimum Gasteiger partial charge on any atom is -0.492 e. The normalized spacial score (nSPS) is 20.0. The van der Waals surface area contributed by atoms with Gasteiger partial charge in [-0.1, -0.05) is 45.0 Å². The van der Waals surface area contributed by atoms with Gasteiger partial charge in [-0.3, -0.25) is 20.7 Å². The molecule has 1 saturated heterocycles. The van der Waals surface area contributed by atoms with E-state index in [1.807, 2.05) is 70.1 Å². The van der Waals surface area contributed by atoms with Crippen LogP contribution in [0.25, 0.3) is 5.69 Å². The minimum atomic E-state index is -0.471. The summed E-state index contributed by atoms with van der Waals surface area (Å²) in [6.45, 7) is 11.4. The number of halogens is 1. The maximum absolute atomic E-state index is 14.9. The van der Waals surface area contributed by atoms with E-state index >= 15 is 0 Å². The number of likely N-dealkylation sites (tertiary alicyclic amines) is 1. The number of piperidine rings is 1. The molecule has 4 aromatic rings. The van der Waals surface area contributed by atoms with Crippen LogP contribution in [0.4, 0.5) is 15.0 Å². The average Bonchev–Trinajstić information content (AvgIpc) is 3.54. The third-order valence-electron chi connectivity index (χ3n) is 10.2. The van der Waals surface area contributed by atoms with Crippen LogP contribution in [0.2, 0.25) is 0 Å². The number of pyridine rings is 1. The van der Waals surface area contributed by atoms with Crippen molar-refractivity contribution < 1.29 is 18.7 Å². The Kier molecular flexibility index (Phi) is 11.5. The Labute approximate surface area is 317 Å². The van der Waals surface area contributed by atoms with Gasteiger partial charge in [0.15, 0.2) is 0 Å². The second-order valence-corrected chi connectivity index (χ2v) is 15.8. The highest BCUT2D eigenvalue weighted by Crippen LogP contribution is 2.39. The number of urea groups is 1. The monoisotopic (exact) mass is 739 g/mol. The van der Waals surface area contributed by atoms with Gasteiger partial charge in [-0.2, -0.15) is 5.10 Å². The van der Waals surface area contributed by atoms with Crippen LogP contribution in [0.1, 0.15) is 95.7 Å². The fourth-order valence-electron chi connectivity index (χ4n) is 7.32. The Morgan fingerprint density at radius 2 is 1.70 bits per heavy atom. The lowest BCUT2D eigenvalue weighted by Crippen LogP contribution is -2.51. The number of aromatic nitrogens is 3. The van der Waals surface area contributed by atoms with E-state index in [1.165, 1.54) is 12.1 Å². The first-order valence-corrected chi connectivity index (χ1v) is 18.8. The van der Waals surface area contributed by atoms with Gasteiger partial charge in [-0.25, -0.2) is 13.9 Å². The minimum absolute atomic E-state index is 0.220. The highest BCUT2D eigenvalue weighted by Gasteiger charge is 2.31. The van der Waals surface area contributed by atoms with Gasteiger partial charge >= 0.3 is 6.03 Å². The van der Waals surface area contributed by atoms with Gasteiger partial charge in [-0.05, 0) is 89.4 Å². The number of likely N-dealkylation sites (N-methyl/N-ethyl adjacent to an activating group) is 1. The maximum atomic E-state index is 14.9. The number of nitrogens with zero attached hydrogens (tertiary/aromatic N) is 5. The second-order valence-electron chi connectivity index (χ2n) is 15.8. The molecule has 2 aromatic heterocycles. The van der Waals surface area contributed by atoms with E-state index in [0.29, 0.717) is 49.0 Å². The lowest BCUT2D eigenvalue weighted by atomic mass is 9.85. The molecule has 1 aliphatic heterocycles. The molecule has 1 fully saturated rings. The van der Waals surface area contributed by atoms with E-state index in [-0.39, 0.29) is 41.1 Å². The fraction of sp³-hybridized carbons (Fsp3) is 0.463. The predicted molar refractivity (Wildman–Crippen MR) is 208 cm³/mol. The zero-order valence-corrected chi connectivity index (χ0v) is 32.4. The molecule has 4 N–H and O–H groups in total. The first kappa shape index (κ1) is 38.6. The molecular formula is C41H54FN9O3. The van der Waals surface area contributed by atoms with Gasteiger partial charge in [-0.15, -0.1) is 0 Å². The summed E-state index contributed by atoms with van der Waals surface area (Å²) in [5.74, 6) is 1.16. The number of fused-ring (bicyclic) bond motifs is 1. The van der Waals surface area contributed by atoms with Crippen molar-refractivity contribution in [2.75, 3.05) is 32.6 Å². The Bertz CT molecular complexity index is 2020. The third kappa shape index (κ3) is 8.78. The molecular weight excluding hydrogens is 686 g/mol. The standard InChI is InChI=1S/C41H54FN9O3/c1-26-11-10-12-27(2)50(26)39(44)49-25-30(15-18-37(49)43)54-35-17-16-34(32-13-8-9-14-33(32)35)45-40(52)46-38-24-36(41(3,4)5)47-51(38)29-21-28(42)22-31(23-29)53-20-19-48(6)7/h8-9,13-15,18,21-27,34-35,43-44H,10-12,16-17,19-20H2,1-7H3,(H2,45,46,52)/t26-,27+,34-,35+/m0/s1. The summed E-state index contributed by atoms with van der Waals surface area (Å²) in [5.41, 5.74) is 2.96. The number of ether oxygens (including phenoxy) is 2. The molecule has 2 aromatic carbocycles. The van der Waals surface area contributed by atoms with Crippen molar-refractivity contribution in [1.29, 1.82) is 10.8 Å². The van der Waals surface area contributed by atoms with Crippen molar-refractivity contribution in [1.82, 2.24) is 29.5 Å². The molecule has 13 heteroatoms. The SMILES string of the molecule is C[C@@H]1CCC[C@H](C)N1C(=N)n1cc(O[C@@H]2CC[C@H](NC(=O)Nc3cc(C(C)(C)C)nn3-c3cc(F)cc(OCCN(C)C)c3)c3ccccc32)ccc1=N. The van der Waals surface area contributed by atoms with Gasteiger partial charge in [0.1, 0.15) is 41.3 Å². The summed E-state index contributed by atoms with van der Waals surface area (Å²) < 4.78 is 30.4. The van der Waals surface area contributed by atoms with E-state index in [2.05, 4.69) is 29.4 Å². The molecule has 2 aliphatic rings. The number of hydrogen-bond donors (Lipinski definition) is 4. The summed E-state index contributed by atoms with van der Waals surface area (Å²) >= 11 is 0.